The van der Waals surface area contributed by atoms with Crippen LogP contribution in [0.25, 0.3) is 11.4 Å². The van der Waals surface area contributed by atoms with E-state index < -0.39 is 0 Å². The number of aromatic nitrogens is 3. The molecule has 4 aromatic rings. The molecule has 174 valence electrons. The molecular formula is C25H23ClN4O3S. The number of thioether (sulfide) groups is 1. The van der Waals surface area contributed by atoms with Crippen LogP contribution >= 0.6 is 23.4 Å². The van der Waals surface area contributed by atoms with Crippen LogP contribution in [0.5, 0.6) is 17.2 Å². The van der Waals surface area contributed by atoms with E-state index >= 15 is 0 Å². The molecule has 1 heterocycles. The molecule has 0 unspecified atom stereocenters. The zero-order chi connectivity index (χ0) is 23.9. The molecule has 0 aliphatic carbocycles. The van der Waals surface area contributed by atoms with Gasteiger partial charge in [0, 0.05) is 11.6 Å². The van der Waals surface area contributed by atoms with Crippen molar-refractivity contribution in [1.82, 2.24) is 14.8 Å². The molecule has 0 fully saturated rings. The predicted molar refractivity (Wildman–Crippen MR) is 135 cm³/mol. The molecule has 0 aliphatic heterocycles. The number of para-hydroxylation sites is 2. The Morgan fingerprint density at radius 1 is 1.03 bits per heavy atom. The Morgan fingerprint density at radius 3 is 2.56 bits per heavy atom. The van der Waals surface area contributed by atoms with Gasteiger partial charge in [0.15, 0.2) is 16.7 Å². The number of anilines is 1. The number of nitrogens with one attached hydrogen (secondary N) is 1. The van der Waals surface area contributed by atoms with Crippen molar-refractivity contribution < 1.29 is 14.3 Å². The van der Waals surface area contributed by atoms with E-state index in [0.717, 1.165) is 5.56 Å². The fourth-order valence-electron chi connectivity index (χ4n) is 3.33. The molecule has 0 bridgehead atoms. The quantitative estimate of drug-likeness (QED) is 0.281. The van der Waals surface area contributed by atoms with Gasteiger partial charge >= 0.3 is 0 Å². The normalized spacial score (nSPS) is 10.7. The van der Waals surface area contributed by atoms with Crippen LogP contribution in [0.4, 0.5) is 5.69 Å². The topological polar surface area (TPSA) is 78.3 Å². The number of carbonyl (C=O) groups is 1. The number of hydrogen-bond donors (Lipinski definition) is 1. The number of hydrogen-bond acceptors (Lipinski definition) is 6. The number of halogens is 1. The second kappa shape index (κ2) is 11.1. The van der Waals surface area contributed by atoms with Gasteiger partial charge < -0.3 is 19.4 Å². The smallest absolute Gasteiger partial charge is 0.234 e. The minimum absolute atomic E-state index is 0.140. The summed E-state index contributed by atoms with van der Waals surface area (Å²) < 4.78 is 13.3. The van der Waals surface area contributed by atoms with Gasteiger partial charge in [0.05, 0.1) is 24.1 Å². The highest BCUT2D eigenvalue weighted by Crippen LogP contribution is 2.33. The molecule has 4 rings (SSSR count). The Morgan fingerprint density at radius 2 is 1.79 bits per heavy atom. The largest absolute Gasteiger partial charge is 0.496 e. The van der Waals surface area contributed by atoms with Crippen LogP contribution in [-0.2, 0) is 11.3 Å². The summed E-state index contributed by atoms with van der Waals surface area (Å²) in [5.41, 5.74) is 1.34. The van der Waals surface area contributed by atoms with Gasteiger partial charge in [0.25, 0.3) is 0 Å². The van der Waals surface area contributed by atoms with Crippen LogP contribution in [0.15, 0.2) is 78.0 Å². The Balaban J connectivity index is 1.47. The van der Waals surface area contributed by atoms with Gasteiger partial charge in [0.2, 0.25) is 5.91 Å². The van der Waals surface area contributed by atoms with Gasteiger partial charge in [-0.1, -0.05) is 53.7 Å². The van der Waals surface area contributed by atoms with E-state index in [2.05, 4.69) is 15.5 Å². The van der Waals surface area contributed by atoms with Crippen LogP contribution in [0.1, 0.15) is 6.92 Å². The average Bonchev–Trinajstić information content (AvgIpc) is 3.27. The standard InChI is InChI=1S/C25H23ClN4O3S/c1-3-30-24(19-11-7-8-12-21(19)32-2)28-29-25(30)34-16-23(31)27-20-15-17(26)13-14-22(20)33-18-9-5-4-6-10-18/h4-15H,3,16H2,1-2H3,(H,27,31). The lowest BCUT2D eigenvalue weighted by molar-refractivity contribution is -0.113. The fraction of sp³-hybridized carbons (Fsp3) is 0.160. The molecule has 1 aromatic heterocycles. The summed E-state index contributed by atoms with van der Waals surface area (Å²) >= 11 is 7.46. The van der Waals surface area contributed by atoms with Crippen molar-refractivity contribution >= 4 is 35.0 Å². The van der Waals surface area contributed by atoms with E-state index in [4.69, 9.17) is 21.1 Å². The second-order valence-corrected chi connectivity index (χ2v) is 8.52. The Labute approximate surface area is 207 Å². The zero-order valence-electron chi connectivity index (χ0n) is 18.7. The molecule has 0 spiro atoms. The highest BCUT2D eigenvalue weighted by molar-refractivity contribution is 7.99. The van der Waals surface area contributed by atoms with Crippen LogP contribution < -0.4 is 14.8 Å². The fourth-order valence-corrected chi connectivity index (χ4v) is 4.30. The first-order chi connectivity index (χ1) is 16.6. The van der Waals surface area contributed by atoms with Crippen molar-refractivity contribution in [3.05, 3.63) is 77.8 Å². The SMILES string of the molecule is CCn1c(SCC(=O)Nc2cc(Cl)ccc2Oc2ccccc2)nnc1-c1ccccc1OC. The van der Waals surface area contributed by atoms with Crippen molar-refractivity contribution in [3.63, 3.8) is 0 Å². The van der Waals surface area contributed by atoms with Gasteiger partial charge in [-0.2, -0.15) is 0 Å². The Bertz CT molecular complexity index is 1280. The predicted octanol–water partition coefficient (Wildman–Crippen LogP) is 6.15. The maximum absolute atomic E-state index is 12.8. The van der Waals surface area contributed by atoms with E-state index in [0.29, 0.717) is 45.5 Å². The summed E-state index contributed by atoms with van der Waals surface area (Å²) in [5, 5.41) is 12.7. The summed E-state index contributed by atoms with van der Waals surface area (Å²) in [5.74, 6) is 2.50. The van der Waals surface area contributed by atoms with E-state index in [1.54, 1.807) is 25.3 Å². The molecule has 34 heavy (non-hydrogen) atoms. The van der Waals surface area contributed by atoms with E-state index in [1.807, 2.05) is 66.1 Å². The number of carbonyl (C=O) groups excluding carboxylic acids is 1. The molecule has 1 N–H and O–H groups in total. The first kappa shape index (κ1) is 23.7. The van der Waals surface area contributed by atoms with Gasteiger partial charge in [-0.3, -0.25) is 4.79 Å². The van der Waals surface area contributed by atoms with Crippen molar-refractivity contribution in [2.24, 2.45) is 0 Å². The first-order valence-electron chi connectivity index (χ1n) is 10.6. The van der Waals surface area contributed by atoms with E-state index in [-0.39, 0.29) is 11.7 Å². The number of rotatable bonds is 9. The third kappa shape index (κ3) is 5.52. The third-order valence-corrected chi connectivity index (χ3v) is 6.10. The van der Waals surface area contributed by atoms with Gasteiger partial charge in [-0.25, -0.2) is 0 Å². The lowest BCUT2D eigenvalue weighted by atomic mass is 10.2. The van der Waals surface area contributed by atoms with Crippen molar-refractivity contribution in [2.45, 2.75) is 18.6 Å². The zero-order valence-corrected chi connectivity index (χ0v) is 20.3. The maximum atomic E-state index is 12.8. The summed E-state index contributed by atoms with van der Waals surface area (Å²) in [6, 6.07) is 22.1. The number of ether oxygens (including phenoxy) is 2. The van der Waals surface area contributed by atoms with Crippen LogP contribution in [0.2, 0.25) is 5.02 Å². The highest BCUT2D eigenvalue weighted by atomic mass is 35.5. The van der Waals surface area contributed by atoms with Crippen molar-refractivity contribution in [3.8, 4) is 28.6 Å². The molecule has 0 saturated carbocycles. The van der Waals surface area contributed by atoms with Gasteiger partial charge in [-0.15, -0.1) is 10.2 Å². The molecule has 3 aromatic carbocycles. The van der Waals surface area contributed by atoms with Crippen LogP contribution in [0.3, 0.4) is 0 Å². The number of methoxy groups -OCH3 is 1. The maximum Gasteiger partial charge on any atom is 0.234 e. The number of nitrogens with zero attached hydrogens (tertiary/aromatic N) is 3. The summed E-state index contributed by atoms with van der Waals surface area (Å²) in [6.07, 6.45) is 0. The molecule has 7 nitrogen and oxygen atoms in total. The van der Waals surface area contributed by atoms with Crippen LogP contribution in [-0.4, -0.2) is 33.5 Å². The lowest BCUT2D eigenvalue weighted by Gasteiger charge is -2.13. The minimum atomic E-state index is -0.213. The molecule has 0 aliphatic rings. The average molecular weight is 495 g/mol. The van der Waals surface area contributed by atoms with Gasteiger partial charge in [0.1, 0.15) is 11.5 Å². The molecule has 0 atom stereocenters. The number of benzene rings is 3. The summed E-state index contributed by atoms with van der Waals surface area (Å²) in [4.78, 5) is 12.8. The number of amides is 1. The minimum Gasteiger partial charge on any atom is -0.496 e. The van der Waals surface area contributed by atoms with E-state index in [1.165, 1.54) is 11.8 Å². The molecule has 0 radical (unpaired) electrons. The van der Waals surface area contributed by atoms with Crippen molar-refractivity contribution in [1.29, 1.82) is 0 Å². The molecule has 1 amide bonds. The Hall–Kier alpha value is -3.49. The van der Waals surface area contributed by atoms with Crippen molar-refractivity contribution in [2.75, 3.05) is 18.2 Å². The van der Waals surface area contributed by atoms with Crippen LogP contribution in [0, 0.1) is 0 Å². The summed E-state index contributed by atoms with van der Waals surface area (Å²) in [6.45, 7) is 2.65. The molecule has 0 saturated heterocycles. The van der Waals surface area contributed by atoms with E-state index in [9.17, 15) is 4.79 Å². The highest BCUT2D eigenvalue weighted by Gasteiger charge is 2.18. The molecule has 9 heteroatoms. The Kier molecular flexibility index (Phi) is 7.72. The second-order valence-electron chi connectivity index (χ2n) is 7.14. The monoisotopic (exact) mass is 494 g/mol. The lowest BCUT2D eigenvalue weighted by Crippen LogP contribution is -2.15. The first-order valence-corrected chi connectivity index (χ1v) is 12.0. The molecular weight excluding hydrogens is 472 g/mol. The summed E-state index contributed by atoms with van der Waals surface area (Å²) in [7, 11) is 1.62. The third-order valence-electron chi connectivity index (χ3n) is 4.90. The van der Waals surface area contributed by atoms with Gasteiger partial charge in [-0.05, 0) is 49.4 Å².